The normalized spacial score (nSPS) is 20.7. The second-order valence-corrected chi connectivity index (χ2v) is 10.6. The Morgan fingerprint density at radius 1 is 1.00 bits per heavy atom. The van der Waals surface area contributed by atoms with E-state index in [1.807, 2.05) is 0 Å². The third-order valence-electron chi connectivity index (χ3n) is 5.44. The van der Waals surface area contributed by atoms with Gasteiger partial charge in [-0.05, 0) is 61.0 Å². The molecule has 1 heterocycles. The van der Waals surface area contributed by atoms with Crippen molar-refractivity contribution in [1.29, 1.82) is 0 Å². The van der Waals surface area contributed by atoms with Crippen LogP contribution in [0.3, 0.4) is 0 Å². The maximum Gasteiger partial charge on any atom is 0.347 e. The molecule has 1 fully saturated rings. The fourth-order valence-corrected chi connectivity index (χ4v) is 4.17. The Balaban J connectivity index is 2.78. The van der Waals surface area contributed by atoms with Gasteiger partial charge in [0.15, 0.2) is 0 Å². The fraction of sp³-hybridized carbons (Fsp3) is 0.615. The summed E-state index contributed by atoms with van der Waals surface area (Å²) in [6, 6.07) is 7.39. The van der Waals surface area contributed by atoms with Gasteiger partial charge in [0.25, 0.3) is 5.54 Å². The average Bonchev–Trinajstić information content (AvgIpc) is 2.89. The number of rotatable bonds is 8. The Kier molecular flexibility index (Phi) is 8.37. The van der Waals surface area contributed by atoms with Crippen molar-refractivity contribution in [2.45, 2.75) is 103 Å². The van der Waals surface area contributed by atoms with Gasteiger partial charge in [0.2, 0.25) is 5.91 Å². The maximum absolute atomic E-state index is 13.6. The molecular weight excluding hydrogens is 454 g/mol. The zero-order chi connectivity index (χ0) is 26.8. The summed E-state index contributed by atoms with van der Waals surface area (Å²) in [7, 11) is 0. The van der Waals surface area contributed by atoms with E-state index < -0.39 is 65.2 Å². The predicted molar refractivity (Wildman–Crippen MR) is 127 cm³/mol. The summed E-state index contributed by atoms with van der Waals surface area (Å²) in [4.78, 5) is 55.0. The van der Waals surface area contributed by atoms with Crippen molar-refractivity contribution >= 4 is 23.8 Å². The molecule has 1 N–H and O–H groups in total. The number of nitrogens with zero attached hydrogens (tertiary/aromatic N) is 1. The average molecular weight is 492 g/mol. The van der Waals surface area contributed by atoms with Crippen molar-refractivity contribution in [3.63, 3.8) is 0 Å². The fourth-order valence-electron chi connectivity index (χ4n) is 4.17. The van der Waals surface area contributed by atoms with Crippen LogP contribution in [0.25, 0.3) is 0 Å². The van der Waals surface area contributed by atoms with E-state index in [9.17, 15) is 24.3 Å². The largest absolute Gasteiger partial charge is 0.461 e. The van der Waals surface area contributed by atoms with Crippen LogP contribution >= 0.6 is 0 Å². The zero-order valence-corrected chi connectivity index (χ0v) is 21.8. The highest BCUT2D eigenvalue weighted by Gasteiger charge is 2.73. The lowest BCUT2D eigenvalue weighted by molar-refractivity contribution is -0.198. The first-order valence-corrected chi connectivity index (χ1v) is 11.8. The molecule has 1 aliphatic rings. The third kappa shape index (κ3) is 6.01. The van der Waals surface area contributed by atoms with E-state index in [4.69, 9.17) is 14.2 Å². The van der Waals surface area contributed by atoms with Crippen LogP contribution in [0.5, 0.6) is 0 Å². The molecule has 0 radical (unpaired) electrons. The Morgan fingerprint density at radius 2 is 1.49 bits per heavy atom. The standard InChI is InChI=1S/C26H37NO8/c1-16(2)33-22(30)26(23(31)34-17(3)4)25(8,32)15-20(28)27(26)19(21(29)35-24(5,6)7)14-18-12-10-9-11-13-18/h9-13,16-17,19,32H,14-15H2,1-8H3. The van der Waals surface area contributed by atoms with Crippen molar-refractivity contribution in [2.75, 3.05) is 0 Å². The van der Waals surface area contributed by atoms with Crippen molar-refractivity contribution in [2.24, 2.45) is 0 Å². The molecule has 35 heavy (non-hydrogen) atoms. The molecule has 0 bridgehead atoms. The van der Waals surface area contributed by atoms with Crippen LogP contribution in [0.1, 0.15) is 67.4 Å². The molecule has 2 unspecified atom stereocenters. The highest BCUT2D eigenvalue weighted by Crippen LogP contribution is 2.44. The Bertz CT molecular complexity index is 924. The smallest absolute Gasteiger partial charge is 0.347 e. The Labute approximate surface area is 206 Å². The SMILES string of the molecule is CC(C)OC(=O)C1(C(=O)OC(C)C)N(C(Cc2ccccc2)C(=O)OC(C)(C)C)C(=O)CC1(C)O. The number of hydrogen-bond donors (Lipinski definition) is 1. The third-order valence-corrected chi connectivity index (χ3v) is 5.44. The molecule has 1 aromatic carbocycles. The van der Waals surface area contributed by atoms with Gasteiger partial charge in [0, 0.05) is 6.42 Å². The van der Waals surface area contributed by atoms with Gasteiger partial charge >= 0.3 is 17.9 Å². The molecule has 194 valence electrons. The van der Waals surface area contributed by atoms with Gasteiger partial charge in [-0.3, -0.25) is 4.79 Å². The summed E-state index contributed by atoms with van der Waals surface area (Å²) in [5.74, 6) is -3.94. The zero-order valence-electron chi connectivity index (χ0n) is 21.8. The summed E-state index contributed by atoms with van der Waals surface area (Å²) < 4.78 is 16.4. The molecule has 1 aromatic rings. The molecule has 2 atom stereocenters. The molecule has 0 spiro atoms. The highest BCUT2D eigenvalue weighted by molar-refractivity contribution is 6.13. The van der Waals surface area contributed by atoms with Crippen molar-refractivity contribution < 1.29 is 38.5 Å². The first kappa shape index (κ1) is 28.3. The minimum absolute atomic E-state index is 0.0662. The van der Waals surface area contributed by atoms with E-state index in [-0.39, 0.29) is 6.42 Å². The number of benzene rings is 1. The predicted octanol–water partition coefficient (Wildman–Crippen LogP) is 2.56. The van der Waals surface area contributed by atoms with Crippen LogP contribution < -0.4 is 0 Å². The molecular formula is C26H37NO8. The lowest BCUT2D eigenvalue weighted by atomic mass is 9.80. The minimum atomic E-state index is -2.62. The van der Waals surface area contributed by atoms with E-state index in [2.05, 4.69) is 0 Å². The lowest BCUT2D eigenvalue weighted by Gasteiger charge is -2.43. The molecule has 1 saturated heterocycles. The van der Waals surface area contributed by atoms with Crippen LogP contribution in [0.15, 0.2) is 30.3 Å². The number of carbonyl (C=O) groups excluding carboxylic acids is 4. The molecule has 9 nitrogen and oxygen atoms in total. The number of ether oxygens (including phenoxy) is 3. The first-order valence-electron chi connectivity index (χ1n) is 11.8. The van der Waals surface area contributed by atoms with E-state index in [1.165, 1.54) is 6.92 Å². The number of likely N-dealkylation sites (tertiary alicyclic amines) is 1. The number of aliphatic hydroxyl groups is 1. The Hall–Kier alpha value is -2.94. The quantitative estimate of drug-likeness (QED) is 0.335. The van der Waals surface area contributed by atoms with Crippen LogP contribution in [0.2, 0.25) is 0 Å². The van der Waals surface area contributed by atoms with Gasteiger partial charge in [-0.2, -0.15) is 0 Å². The summed E-state index contributed by atoms with van der Waals surface area (Å²) in [6.45, 7) is 12.5. The van der Waals surface area contributed by atoms with Gasteiger partial charge in [-0.15, -0.1) is 0 Å². The van der Waals surface area contributed by atoms with Crippen LogP contribution in [0.4, 0.5) is 0 Å². The molecule has 0 aromatic heterocycles. The van der Waals surface area contributed by atoms with Gasteiger partial charge < -0.3 is 24.2 Å². The maximum atomic E-state index is 13.6. The molecule has 0 aliphatic carbocycles. The molecule has 0 saturated carbocycles. The monoisotopic (exact) mass is 491 g/mol. The van der Waals surface area contributed by atoms with Gasteiger partial charge in [-0.1, -0.05) is 30.3 Å². The summed E-state index contributed by atoms with van der Waals surface area (Å²) in [6.07, 6.45) is -2.01. The van der Waals surface area contributed by atoms with Crippen molar-refractivity contribution in [3.8, 4) is 0 Å². The summed E-state index contributed by atoms with van der Waals surface area (Å²) in [5, 5.41) is 11.4. The van der Waals surface area contributed by atoms with Crippen LogP contribution in [-0.4, -0.2) is 68.8 Å². The van der Waals surface area contributed by atoms with Gasteiger partial charge in [-0.25, -0.2) is 14.4 Å². The molecule has 2 rings (SSSR count). The Morgan fingerprint density at radius 3 is 1.91 bits per heavy atom. The van der Waals surface area contributed by atoms with E-state index in [1.54, 1.807) is 78.8 Å². The van der Waals surface area contributed by atoms with E-state index >= 15 is 0 Å². The van der Waals surface area contributed by atoms with E-state index in [0.717, 1.165) is 4.90 Å². The molecule has 1 aliphatic heterocycles. The number of carbonyl (C=O) groups is 4. The number of hydrogen-bond acceptors (Lipinski definition) is 8. The topological polar surface area (TPSA) is 119 Å². The highest BCUT2D eigenvalue weighted by atomic mass is 16.6. The van der Waals surface area contributed by atoms with Gasteiger partial charge in [0.05, 0.1) is 18.6 Å². The number of amides is 1. The van der Waals surface area contributed by atoms with Crippen molar-refractivity contribution in [1.82, 2.24) is 4.90 Å². The van der Waals surface area contributed by atoms with E-state index in [0.29, 0.717) is 5.56 Å². The minimum Gasteiger partial charge on any atom is -0.461 e. The van der Waals surface area contributed by atoms with Crippen LogP contribution in [-0.2, 0) is 39.8 Å². The lowest BCUT2D eigenvalue weighted by Crippen LogP contribution is -2.72. The summed E-state index contributed by atoms with van der Waals surface area (Å²) >= 11 is 0. The van der Waals surface area contributed by atoms with Crippen LogP contribution in [0, 0.1) is 0 Å². The van der Waals surface area contributed by atoms with Crippen molar-refractivity contribution in [3.05, 3.63) is 35.9 Å². The number of esters is 3. The summed E-state index contributed by atoms with van der Waals surface area (Å²) in [5.41, 5.74) is -5.10. The van der Waals surface area contributed by atoms with Gasteiger partial charge in [0.1, 0.15) is 17.2 Å². The second-order valence-electron chi connectivity index (χ2n) is 10.6. The molecule has 9 heteroatoms. The first-order chi connectivity index (χ1) is 16.0. The second kappa shape index (κ2) is 10.4. The molecule has 1 amide bonds.